The molecule has 94 valence electrons. The fourth-order valence-corrected chi connectivity index (χ4v) is 2.11. The van der Waals surface area contributed by atoms with Crippen LogP contribution in [0.2, 0.25) is 0 Å². The molecule has 0 fully saturated rings. The summed E-state index contributed by atoms with van der Waals surface area (Å²) in [6.45, 7) is 3.73. The van der Waals surface area contributed by atoms with Gasteiger partial charge >= 0.3 is 0 Å². The maximum Gasteiger partial charge on any atom is 0.236 e. The van der Waals surface area contributed by atoms with Crippen LogP contribution in [-0.4, -0.2) is 33.3 Å². The van der Waals surface area contributed by atoms with Crippen molar-refractivity contribution in [2.45, 2.75) is 13.8 Å². The Hall–Kier alpha value is -1.20. The molecule has 4 nitrogen and oxygen atoms in total. The van der Waals surface area contributed by atoms with E-state index in [-0.39, 0.29) is 24.0 Å². The third-order valence-electron chi connectivity index (χ3n) is 2.49. The lowest BCUT2D eigenvalue weighted by atomic mass is 10.1. The number of nitrogens with one attached hydrogen (secondary N) is 1. The van der Waals surface area contributed by atoms with Crippen LogP contribution in [0.25, 0.3) is 0 Å². The molecule has 5 heteroatoms. The number of rotatable bonds is 5. The van der Waals surface area contributed by atoms with Crippen LogP contribution in [0, 0.1) is 13.8 Å². The first kappa shape index (κ1) is 13.9. The molecule has 1 aromatic carbocycles. The monoisotopic (exact) mass is 255 g/mol. The molecule has 0 aliphatic carbocycles. The summed E-state index contributed by atoms with van der Waals surface area (Å²) in [6, 6.07) is 5.65. The average molecular weight is 255 g/mol. The van der Waals surface area contributed by atoms with E-state index in [1.807, 2.05) is 32.0 Å². The molecule has 1 unspecified atom stereocenters. The van der Waals surface area contributed by atoms with Gasteiger partial charge in [-0.15, -0.1) is 0 Å². The van der Waals surface area contributed by atoms with Crippen molar-refractivity contribution in [2.75, 3.05) is 23.4 Å². The van der Waals surface area contributed by atoms with E-state index in [4.69, 9.17) is 5.11 Å². The second-order valence-electron chi connectivity index (χ2n) is 3.81. The summed E-state index contributed by atoms with van der Waals surface area (Å²) in [5, 5.41) is 11.3. The summed E-state index contributed by atoms with van der Waals surface area (Å²) in [7, 11) is -1.30. The zero-order chi connectivity index (χ0) is 12.8. The van der Waals surface area contributed by atoms with Crippen molar-refractivity contribution in [1.82, 2.24) is 0 Å². The molecule has 0 aromatic heterocycles. The van der Waals surface area contributed by atoms with E-state index in [0.717, 1.165) is 16.8 Å². The molecule has 1 rings (SSSR count). The number of hydrogen-bond donors (Lipinski definition) is 2. The zero-order valence-corrected chi connectivity index (χ0v) is 10.8. The molecule has 0 aliphatic rings. The number of anilines is 1. The summed E-state index contributed by atoms with van der Waals surface area (Å²) in [5.74, 6) is -0.223. The lowest BCUT2D eigenvalue weighted by Gasteiger charge is -2.09. The molecule has 0 heterocycles. The minimum atomic E-state index is -1.30. The van der Waals surface area contributed by atoms with Gasteiger partial charge in [0.1, 0.15) is 5.75 Å². The maximum absolute atomic E-state index is 11.6. The van der Waals surface area contributed by atoms with Crippen LogP contribution < -0.4 is 5.32 Å². The highest BCUT2D eigenvalue weighted by atomic mass is 32.2. The largest absolute Gasteiger partial charge is 0.395 e. The number of amides is 1. The fraction of sp³-hybridized carbons (Fsp3) is 0.417. The molecular weight excluding hydrogens is 238 g/mol. The fourth-order valence-electron chi connectivity index (χ4n) is 1.39. The number of carbonyl (C=O) groups excluding carboxylic acids is 1. The number of carbonyl (C=O) groups is 1. The highest BCUT2D eigenvalue weighted by Gasteiger charge is 2.09. The van der Waals surface area contributed by atoms with Gasteiger partial charge < -0.3 is 10.4 Å². The Kier molecular flexibility index (Phi) is 5.31. The molecule has 1 aromatic rings. The molecular formula is C12H17NO3S. The highest BCUT2D eigenvalue weighted by molar-refractivity contribution is 7.85. The molecule has 1 amide bonds. The molecule has 0 bridgehead atoms. The Morgan fingerprint density at radius 3 is 2.76 bits per heavy atom. The number of aliphatic hydroxyl groups is 1. The van der Waals surface area contributed by atoms with E-state index in [2.05, 4.69) is 5.32 Å². The summed E-state index contributed by atoms with van der Waals surface area (Å²) in [4.78, 5) is 11.6. The van der Waals surface area contributed by atoms with Crippen LogP contribution in [0.3, 0.4) is 0 Å². The van der Waals surface area contributed by atoms with Crippen LogP contribution in [-0.2, 0) is 15.6 Å². The molecule has 2 N–H and O–H groups in total. The van der Waals surface area contributed by atoms with E-state index in [1.54, 1.807) is 0 Å². The molecule has 0 saturated heterocycles. The number of hydrogen-bond acceptors (Lipinski definition) is 3. The van der Waals surface area contributed by atoms with Gasteiger partial charge in [0.05, 0.1) is 6.61 Å². The lowest BCUT2D eigenvalue weighted by molar-refractivity contribution is -0.113. The van der Waals surface area contributed by atoms with Crippen molar-refractivity contribution in [3.8, 4) is 0 Å². The van der Waals surface area contributed by atoms with E-state index >= 15 is 0 Å². The summed E-state index contributed by atoms with van der Waals surface area (Å²) >= 11 is 0. The predicted octanol–water partition coefficient (Wildman–Crippen LogP) is 0.983. The first-order chi connectivity index (χ1) is 8.04. The van der Waals surface area contributed by atoms with Gasteiger partial charge in [-0.05, 0) is 31.0 Å². The summed E-state index contributed by atoms with van der Waals surface area (Å²) in [5.41, 5.74) is 2.85. The van der Waals surface area contributed by atoms with Gasteiger partial charge in [-0.2, -0.15) is 0 Å². The maximum atomic E-state index is 11.6. The Bertz CT molecular complexity index is 432. The minimum absolute atomic E-state index is 0.0755. The summed E-state index contributed by atoms with van der Waals surface area (Å²) < 4.78 is 11.3. The van der Waals surface area contributed by atoms with Crippen molar-refractivity contribution >= 4 is 22.4 Å². The zero-order valence-electron chi connectivity index (χ0n) is 10.0. The van der Waals surface area contributed by atoms with Crippen molar-refractivity contribution in [3.05, 3.63) is 29.3 Å². The van der Waals surface area contributed by atoms with Crippen molar-refractivity contribution in [3.63, 3.8) is 0 Å². The van der Waals surface area contributed by atoms with Crippen LogP contribution >= 0.6 is 0 Å². The number of benzene rings is 1. The average Bonchev–Trinajstić information content (AvgIpc) is 2.25. The van der Waals surface area contributed by atoms with E-state index in [9.17, 15) is 9.00 Å². The van der Waals surface area contributed by atoms with Crippen LogP contribution in [0.4, 0.5) is 5.69 Å². The molecule has 17 heavy (non-hydrogen) atoms. The third-order valence-corrected chi connectivity index (χ3v) is 3.71. The Labute approximate surface area is 104 Å². The molecule has 0 saturated carbocycles. The second kappa shape index (κ2) is 6.51. The van der Waals surface area contributed by atoms with Gasteiger partial charge in [-0.1, -0.05) is 12.1 Å². The normalized spacial score (nSPS) is 12.2. The molecule has 0 radical (unpaired) electrons. The molecule has 0 spiro atoms. The topological polar surface area (TPSA) is 66.4 Å². The van der Waals surface area contributed by atoms with Crippen molar-refractivity contribution < 1.29 is 14.1 Å². The van der Waals surface area contributed by atoms with Crippen molar-refractivity contribution in [1.29, 1.82) is 0 Å². The van der Waals surface area contributed by atoms with Crippen LogP contribution in [0.1, 0.15) is 11.1 Å². The third kappa shape index (κ3) is 4.28. The lowest BCUT2D eigenvalue weighted by Crippen LogP contribution is -2.22. The Morgan fingerprint density at radius 2 is 2.12 bits per heavy atom. The Morgan fingerprint density at radius 1 is 1.41 bits per heavy atom. The van der Waals surface area contributed by atoms with E-state index in [1.165, 1.54) is 0 Å². The van der Waals surface area contributed by atoms with Crippen molar-refractivity contribution in [2.24, 2.45) is 0 Å². The minimum Gasteiger partial charge on any atom is -0.395 e. The quantitative estimate of drug-likeness (QED) is 0.824. The van der Waals surface area contributed by atoms with Gasteiger partial charge in [0.15, 0.2) is 0 Å². The second-order valence-corrected chi connectivity index (χ2v) is 5.38. The van der Waals surface area contributed by atoms with Gasteiger partial charge in [-0.3, -0.25) is 9.00 Å². The SMILES string of the molecule is Cc1cccc(NC(=O)CS(=O)CCO)c1C. The predicted molar refractivity (Wildman–Crippen MR) is 69.5 cm³/mol. The first-order valence-corrected chi connectivity index (χ1v) is 6.85. The van der Waals surface area contributed by atoms with Gasteiger partial charge in [0.25, 0.3) is 0 Å². The van der Waals surface area contributed by atoms with Gasteiger partial charge in [0, 0.05) is 22.2 Å². The first-order valence-electron chi connectivity index (χ1n) is 5.36. The van der Waals surface area contributed by atoms with Crippen LogP contribution in [0.15, 0.2) is 18.2 Å². The van der Waals surface area contributed by atoms with E-state index < -0.39 is 10.8 Å². The highest BCUT2D eigenvalue weighted by Crippen LogP contribution is 2.17. The summed E-state index contributed by atoms with van der Waals surface area (Å²) in [6.07, 6.45) is 0. The smallest absolute Gasteiger partial charge is 0.236 e. The standard InChI is InChI=1S/C12H17NO3S/c1-9-4-3-5-11(10(9)2)13-12(15)8-17(16)7-6-14/h3-5,14H,6-8H2,1-2H3,(H,13,15). The molecule has 1 atom stereocenters. The van der Waals surface area contributed by atoms with Crippen LogP contribution in [0.5, 0.6) is 0 Å². The van der Waals surface area contributed by atoms with Gasteiger partial charge in [-0.25, -0.2) is 0 Å². The molecule has 0 aliphatic heterocycles. The van der Waals surface area contributed by atoms with Gasteiger partial charge in [0.2, 0.25) is 5.91 Å². The number of aryl methyl sites for hydroxylation is 1. The Balaban J connectivity index is 2.62. The van der Waals surface area contributed by atoms with E-state index in [0.29, 0.717) is 0 Å². The number of aliphatic hydroxyl groups excluding tert-OH is 1.